The van der Waals surface area contributed by atoms with E-state index in [9.17, 15) is 14.3 Å². The maximum Gasteiger partial charge on any atom is 0.337 e. The van der Waals surface area contributed by atoms with Crippen molar-refractivity contribution >= 4 is 5.97 Å². The summed E-state index contributed by atoms with van der Waals surface area (Å²) in [7, 11) is 1.28. The number of hydrogen-bond donors (Lipinski definition) is 1. The second-order valence-corrected chi connectivity index (χ2v) is 3.87. The fourth-order valence-electron chi connectivity index (χ4n) is 2.30. The number of ether oxygens (including phenoxy) is 2. The first-order valence-electron chi connectivity index (χ1n) is 5.05. The van der Waals surface area contributed by atoms with Gasteiger partial charge in [0.1, 0.15) is 6.67 Å². The number of halogens is 1. The first-order chi connectivity index (χ1) is 7.69. The Balaban J connectivity index is 2.26. The standard InChI is InChI=1S/C11H13FO4/c1-15-10(13)8-5-16-11(14)9-6(4-12)2-3-7(8)9/h2,5,7,9,11,14H,3-4H2,1H3/t7-,9+,11?/m1/s1. The highest BCUT2D eigenvalue weighted by atomic mass is 19.1. The quantitative estimate of drug-likeness (QED) is 0.564. The Morgan fingerprint density at radius 3 is 3.12 bits per heavy atom. The molecule has 2 rings (SSSR count). The molecule has 1 heterocycles. The number of aliphatic hydroxyl groups is 1. The van der Waals surface area contributed by atoms with Crippen LogP contribution in [0.5, 0.6) is 0 Å². The number of allylic oxidation sites excluding steroid dienone is 1. The predicted octanol–water partition coefficient (Wildman–Crippen LogP) is 0.924. The van der Waals surface area contributed by atoms with Crippen molar-refractivity contribution in [3.8, 4) is 0 Å². The molecular formula is C11H13FO4. The van der Waals surface area contributed by atoms with Gasteiger partial charge in [-0.2, -0.15) is 0 Å². The molecule has 1 aliphatic heterocycles. The fraction of sp³-hybridized carbons (Fsp3) is 0.545. The molecule has 2 aliphatic rings. The van der Waals surface area contributed by atoms with E-state index in [1.54, 1.807) is 6.08 Å². The summed E-state index contributed by atoms with van der Waals surface area (Å²) >= 11 is 0. The Kier molecular flexibility index (Phi) is 2.96. The second-order valence-electron chi connectivity index (χ2n) is 3.87. The molecule has 0 aromatic carbocycles. The summed E-state index contributed by atoms with van der Waals surface area (Å²) in [5, 5.41) is 9.63. The second kappa shape index (κ2) is 4.25. The highest BCUT2D eigenvalue weighted by Crippen LogP contribution is 2.42. The minimum Gasteiger partial charge on any atom is -0.472 e. The van der Waals surface area contributed by atoms with Crippen LogP contribution in [0.4, 0.5) is 4.39 Å². The maximum atomic E-state index is 12.7. The number of rotatable bonds is 2. The largest absolute Gasteiger partial charge is 0.472 e. The molecule has 0 aromatic rings. The lowest BCUT2D eigenvalue weighted by Crippen LogP contribution is -2.35. The third-order valence-electron chi connectivity index (χ3n) is 3.11. The molecule has 0 amide bonds. The van der Waals surface area contributed by atoms with Crippen LogP contribution in [-0.4, -0.2) is 31.2 Å². The van der Waals surface area contributed by atoms with Gasteiger partial charge in [-0.3, -0.25) is 0 Å². The lowest BCUT2D eigenvalue weighted by atomic mass is 9.84. The fourth-order valence-corrected chi connectivity index (χ4v) is 2.30. The summed E-state index contributed by atoms with van der Waals surface area (Å²) in [6.45, 7) is -0.629. The highest BCUT2D eigenvalue weighted by molar-refractivity contribution is 5.89. The third-order valence-corrected chi connectivity index (χ3v) is 3.11. The Labute approximate surface area is 92.3 Å². The van der Waals surface area contributed by atoms with Crippen molar-refractivity contribution in [1.29, 1.82) is 0 Å². The van der Waals surface area contributed by atoms with Crippen LogP contribution in [0.2, 0.25) is 0 Å². The van der Waals surface area contributed by atoms with Crippen molar-refractivity contribution in [2.75, 3.05) is 13.8 Å². The third kappa shape index (κ3) is 1.61. The van der Waals surface area contributed by atoms with Gasteiger partial charge in [0.2, 0.25) is 6.29 Å². The van der Waals surface area contributed by atoms with Gasteiger partial charge in [-0.05, 0) is 12.0 Å². The molecule has 5 heteroatoms. The molecule has 0 saturated carbocycles. The van der Waals surface area contributed by atoms with Gasteiger partial charge in [-0.1, -0.05) is 6.08 Å². The topological polar surface area (TPSA) is 55.8 Å². The number of methoxy groups -OCH3 is 1. The van der Waals surface area contributed by atoms with Crippen molar-refractivity contribution in [2.24, 2.45) is 11.8 Å². The van der Waals surface area contributed by atoms with Crippen LogP contribution < -0.4 is 0 Å². The number of esters is 1. The van der Waals surface area contributed by atoms with Gasteiger partial charge < -0.3 is 14.6 Å². The van der Waals surface area contributed by atoms with E-state index in [2.05, 4.69) is 4.74 Å². The van der Waals surface area contributed by atoms with Gasteiger partial charge in [-0.15, -0.1) is 0 Å². The molecule has 0 bridgehead atoms. The van der Waals surface area contributed by atoms with Gasteiger partial charge in [0.05, 0.1) is 24.9 Å². The molecule has 1 N–H and O–H groups in total. The van der Waals surface area contributed by atoms with Gasteiger partial charge in [0.15, 0.2) is 0 Å². The van der Waals surface area contributed by atoms with Gasteiger partial charge in [0.25, 0.3) is 0 Å². The van der Waals surface area contributed by atoms with Crippen molar-refractivity contribution in [2.45, 2.75) is 12.7 Å². The molecule has 1 unspecified atom stereocenters. The predicted molar refractivity (Wildman–Crippen MR) is 52.8 cm³/mol. The van der Waals surface area contributed by atoms with Crippen molar-refractivity contribution < 1.29 is 23.8 Å². The zero-order valence-electron chi connectivity index (χ0n) is 8.85. The Bertz CT molecular complexity index is 361. The zero-order chi connectivity index (χ0) is 11.7. The van der Waals surface area contributed by atoms with Crippen LogP contribution in [0.1, 0.15) is 6.42 Å². The molecule has 1 aliphatic carbocycles. The lowest BCUT2D eigenvalue weighted by molar-refractivity contribution is -0.141. The van der Waals surface area contributed by atoms with E-state index < -0.39 is 24.9 Å². The Hall–Kier alpha value is -1.36. The van der Waals surface area contributed by atoms with E-state index in [1.807, 2.05) is 0 Å². The SMILES string of the molecule is COC(=O)C1=COC(O)[C@H]2C(CF)=CC[C@H]12. The molecule has 0 aromatic heterocycles. The average Bonchev–Trinajstić information content (AvgIpc) is 2.73. The molecule has 0 spiro atoms. The normalized spacial score (nSPS) is 32.3. The average molecular weight is 228 g/mol. The molecule has 4 nitrogen and oxygen atoms in total. The molecule has 88 valence electrons. The summed E-state index contributed by atoms with van der Waals surface area (Å²) in [6.07, 6.45) is 2.38. The van der Waals surface area contributed by atoms with Crippen molar-refractivity contribution in [1.82, 2.24) is 0 Å². The minimum atomic E-state index is -1.08. The van der Waals surface area contributed by atoms with Gasteiger partial charge >= 0.3 is 5.97 Å². The van der Waals surface area contributed by atoms with E-state index in [-0.39, 0.29) is 5.92 Å². The smallest absolute Gasteiger partial charge is 0.337 e. The lowest BCUT2D eigenvalue weighted by Gasteiger charge is -2.31. The molecule has 0 saturated heterocycles. The van der Waals surface area contributed by atoms with Gasteiger partial charge in [0, 0.05) is 5.92 Å². The van der Waals surface area contributed by atoms with E-state index in [4.69, 9.17) is 4.74 Å². The molecule has 0 radical (unpaired) electrons. The van der Waals surface area contributed by atoms with E-state index in [0.717, 1.165) is 0 Å². The van der Waals surface area contributed by atoms with E-state index in [0.29, 0.717) is 17.6 Å². The monoisotopic (exact) mass is 228 g/mol. The van der Waals surface area contributed by atoms with Gasteiger partial charge in [-0.25, -0.2) is 9.18 Å². The van der Waals surface area contributed by atoms with Crippen molar-refractivity contribution in [3.63, 3.8) is 0 Å². The number of alkyl halides is 1. The summed E-state index contributed by atoms with van der Waals surface area (Å²) in [4.78, 5) is 11.4. The molecule has 3 atom stereocenters. The number of aliphatic hydroxyl groups excluding tert-OH is 1. The number of carbonyl (C=O) groups excluding carboxylic acids is 1. The summed E-state index contributed by atoms with van der Waals surface area (Å²) in [5.74, 6) is -1.19. The van der Waals surface area contributed by atoms with E-state index in [1.165, 1.54) is 13.4 Å². The Morgan fingerprint density at radius 2 is 2.50 bits per heavy atom. The zero-order valence-corrected chi connectivity index (χ0v) is 8.85. The van der Waals surface area contributed by atoms with Crippen molar-refractivity contribution in [3.05, 3.63) is 23.5 Å². The first-order valence-corrected chi connectivity index (χ1v) is 5.05. The van der Waals surface area contributed by atoms with Crippen LogP contribution in [0.25, 0.3) is 0 Å². The van der Waals surface area contributed by atoms with Crippen LogP contribution in [0, 0.1) is 11.8 Å². The summed E-state index contributed by atoms with van der Waals surface area (Å²) in [6, 6.07) is 0. The molecule has 0 fully saturated rings. The van der Waals surface area contributed by atoms with Crippen LogP contribution in [0.3, 0.4) is 0 Å². The Morgan fingerprint density at radius 1 is 1.75 bits per heavy atom. The maximum absolute atomic E-state index is 12.7. The summed E-state index contributed by atoms with van der Waals surface area (Å²) in [5.41, 5.74) is 0.851. The van der Waals surface area contributed by atoms with Crippen LogP contribution >= 0.6 is 0 Å². The number of carbonyl (C=O) groups is 1. The van der Waals surface area contributed by atoms with E-state index >= 15 is 0 Å². The van der Waals surface area contributed by atoms with Crippen LogP contribution in [-0.2, 0) is 14.3 Å². The summed E-state index contributed by atoms with van der Waals surface area (Å²) < 4.78 is 22.2. The number of fused-ring (bicyclic) bond motifs is 1. The molecular weight excluding hydrogens is 215 g/mol. The number of hydrogen-bond acceptors (Lipinski definition) is 4. The minimum absolute atomic E-state index is 0.234. The van der Waals surface area contributed by atoms with Crippen LogP contribution in [0.15, 0.2) is 23.5 Å². The molecule has 16 heavy (non-hydrogen) atoms. The highest BCUT2D eigenvalue weighted by Gasteiger charge is 2.43. The first kappa shape index (κ1) is 11.1.